The molecule has 31 heavy (non-hydrogen) atoms. The highest BCUT2D eigenvalue weighted by Gasteiger charge is 2.41. The number of urea groups is 1. The SMILES string of the molecule is O=C(CN1C(=O)N2CCN=C2c2cnn(-c3ccccc3)c21)NCc1cccc(F)c1. The van der Waals surface area contributed by atoms with Crippen molar-refractivity contribution in [1.29, 1.82) is 0 Å². The number of aliphatic imine (C=N–C) groups is 1. The number of fused-ring (bicyclic) bond motifs is 3. The molecule has 0 saturated carbocycles. The lowest BCUT2D eigenvalue weighted by Gasteiger charge is -2.33. The molecule has 0 saturated heterocycles. The van der Waals surface area contributed by atoms with E-state index in [2.05, 4.69) is 15.4 Å². The molecule has 0 radical (unpaired) electrons. The van der Waals surface area contributed by atoms with E-state index in [1.54, 1.807) is 27.9 Å². The van der Waals surface area contributed by atoms with Crippen LogP contribution in [0.5, 0.6) is 0 Å². The predicted octanol–water partition coefficient (Wildman–Crippen LogP) is 2.33. The van der Waals surface area contributed by atoms with Gasteiger partial charge in [-0.05, 0) is 29.8 Å². The summed E-state index contributed by atoms with van der Waals surface area (Å²) in [4.78, 5) is 33.4. The number of hydrogen-bond donors (Lipinski definition) is 1. The number of amides is 3. The number of nitrogens with one attached hydrogen (secondary N) is 1. The summed E-state index contributed by atoms with van der Waals surface area (Å²) in [6.07, 6.45) is 1.67. The molecular weight excluding hydrogens is 399 g/mol. The standard InChI is InChI=1S/C22H19FN6O2/c23-16-6-4-5-15(11-16)12-25-19(30)14-28-21-18(20-24-9-10-27(20)22(28)31)13-26-29(21)17-7-2-1-3-8-17/h1-8,11,13H,9-10,12,14H2,(H,25,30). The number of aromatic nitrogens is 2. The number of benzene rings is 2. The Morgan fingerprint density at radius 2 is 1.97 bits per heavy atom. The molecule has 0 bridgehead atoms. The minimum Gasteiger partial charge on any atom is -0.350 e. The average Bonchev–Trinajstić information content (AvgIpc) is 3.43. The first-order chi connectivity index (χ1) is 15.1. The molecule has 0 fully saturated rings. The molecule has 2 aliphatic rings. The van der Waals surface area contributed by atoms with Gasteiger partial charge in [0, 0.05) is 13.1 Å². The molecule has 8 nitrogen and oxygen atoms in total. The van der Waals surface area contributed by atoms with Crippen molar-refractivity contribution < 1.29 is 14.0 Å². The highest BCUT2D eigenvalue weighted by atomic mass is 19.1. The second-order valence-corrected chi connectivity index (χ2v) is 7.26. The molecule has 1 N–H and O–H groups in total. The van der Waals surface area contributed by atoms with E-state index in [0.717, 1.165) is 5.69 Å². The second-order valence-electron chi connectivity index (χ2n) is 7.26. The van der Waals surface area contributed by atoms with Crippen molar-refractivity contribution in [2.75, 3.05) is 24.5 Å². The maximum Gasteiger partial charge on any atom is 0.331 e. The highest BCUT2D eigenvalue weighted by Crippen LogP contribution is 2.32. The van der Waals surface area contributed by atoms with Gasteiger partial charge < -0.3 is 5.32 Å². The Balaban J connectivity index is 1.44. The van der Waals surface area contributed by atoms with E-state index in [1.165, 1.54) is 17.0 Å². The topological polar surface area (TPSA) is 82.8 Å². The number of hydrogen-bond acceptors (Lipinski definition) is 4. The van der Waals surface area contributed by atoms with Crippen LogP contribution in [0.1, 0.15) is 11.1 Å². The first kappa shape index (κ1) is 19.0. The van der Waals surface area contributed by atoms with E-state index in [-0.39, 0.29) is 30.8 Å². The summed E-state index contributed by atoms with van der Waals surface area (Å²) in [5, 5.41) is 7.22. The Bertz CT molecular complexity index is 1190. The fraction of sp³-hybridized carbons (Fsp3) is 0.182. The number of para-hydroxylation sites is 1. The predicted molar refractivity (Wildman–Crippen MR) is 113 cm³/mol. The van der Waals surface area contributed by atoms with Gasteiger partial charge in [-0.3, -0.25) is 19.6 Å². The fourth-order valence-corrected chi connectivity index (χ4v) is 3.81. The quantitative estimate of drug-likeness (QED) is 0.690. The van der Waals surface area contributed by atoms with Crippen LogP contribution in [0.2, 0.25) is 0 Å². The van der Waals surface area contributed by atoms with Crippen LogP contribution in [-0.4, -0.2) is 52.1 Å². The van der Waals surface area contributed by atoms with Crippen LogP contribution in [0, 0.1) is 5.82 Å². The molecule has 3 amide bonds. The summed E-state index contributed by atoms with van der Waals surface area (Å²) >= 11 is 0. The Kier molecular flexibility index (Phi) is 4.70. The van der Waals surface area contributed by atoms with Gasteiger partial charge in [0.15, 0.2) is 5.82 Å². The molecule has 0 spiro atoms. The molecule has 2 aromatic carbocycles. The van der Waals surface area contributed by atoms with Crippen molar-refractivity contribution in [2.45, 2.75) is 6.54 Å². The van der Waals surface area contributed by atoms with Gasteiger partial charge in [-0.2, -0.15) is 5.10 Å². The van der Waals surface area contributed by atoms with Gasteiger partial charge in [0.1, 0.15) is 18.2 Å². The lowest BCUT2D eigenvalue weighted by Crippen LogP contribution is -2.53. The zero-order valence-electron chi connectivity index (χ0n) is 16.5. The third-order valence-electron chi connectivity index (χ3n) is 5.22. The van der Waals surface area contributed by atoms with Crippen molar-refractivity contribution >= 4 is 23.6 Å². The van der Waals surface area contributed by atoms with Crippen molar-refractivity contribution in [3.63, 3.8) is 0 Å². The lowest BCUT2D eigenvalue weighted by molar-refractivity contribution is -0.119. The van der Waals surface area contributed by atoms with E-state index in [0.29, 0.717) is 35.9 Å². The van der Waals surface area contributed by atoms with Crippen LogP contribution < -0.4 is 10.2 Å². The number of carbonyl (C=O) groups is 2. The Hall–Kier alpha value is -4.01. The van der Waals surface area contributed by atoms with Gasteiger partial charge in [-0.25, -0.2) is 13.9 Å². The maximum atomic E-state index is 13.4. The number of amidine groups is 1. The number of nitrogens with zero attached hydrogens (tertiary/aromatic N) is 5. The Morgan fingerprint density at radius 1 is 1.13 bits per heavy atom. The first-order valence-corrected chi connectivity index (χ1v) is 9.90. The molecule has 156 valence electrons. The van der Waals surface area contributed by atoms with Crippen LogP contribution in [-0.2, 0) is 11.3 Å². The molecule has 5 rings (SSSR count). The zero-order valence-corrected chi connectivity index (χ0v) is 16.5. The summed E-state index contributed by atoms with van der Waals surface area (Å²) in [5.74, 6) is 0.367. The smallest absolute Gasteiger partial charge is 0.331 e. The Labute approximate surface area is 177 Å². The van der Waals surface area contributed by atoms with Crippen LogP contribution in [0.4, 0.5) is 15.0 Å². The normalized spacial score (nSPS) is 14.9. The third kappa shape index (κ3) is 3.43. The molecular formula is C22H19FN6O2. The van der Waals surface area contributed by atoms with Crippen molar-refractivity contribution in [3.05, 3.63) is 77.7 Å². The minimum absolute atomic E-state index is 0.167. The highest BCUT2D eigenvalue weighted by molar-refractivity contribution is 6.20. The van der Waals surface area contributed by atoms with Crippen molar-refractivity contribution in [2.24, 2.45) is 4.99 Å². The molecule has 3 heterocycles. The fourth-order valence-electron chi connectivity index (χ4n) is 3.81. The molecule has 3 aromatic rings. The van der Waals surface area contributed by atoms with Gasteiger partial charge in [0.05, 0.1) is 24.0 Å². The maximum absolute atomic E-state index is 13.4. The monoisotopic (exact) mass is 418 g/mol. The number of halogens is 1. The Morgan fingerprint density at radius 3 is 2.77 bits per heavy atom. The lowest BCUT2D eigenvalue weighted by atomic mass is 10.2. The second kappa shape index (κ2) is 7.67. The van der Waals surface area contributed by atoms with Gasteiger partial charge in [-0.15, -0.1) is 0 Å². The summed E-state index contributed by atoms with van der Waals surface area (Å²) < 4.78 is 15.0. The van der Waals surface area contributed by atoms with Crippen molar-refractivity contribution in [3.8, 4) is 5.69 Å². The largest absolute Gasteiger partial charge is 0.350 e. The van der Waals surface area contributed by atoms with Gasteiger partial charge in [-0.1, -0.05) is 30.3 Å². The van der Waals surface area contributed by atoms with Crippen LogP contribution >= 0.6 is 0 Å². The van der Waals surface area contributed by atoms with Crippen LogP contribution in [0.15, 0.2) is 65.8 Å². The van der Waals surface area contributed by atoms with Gasteiger partial charge >= 0.3 is 6.03 Å². The number of carbonyl (C=O) groups excluding carboxylic acids is 2. The number of rotatable bonds is 5. The average molecular weight is 418 g/mol. The molecule has 0 unspecified atom stereocenters. The molecule has 0 atom stereocenters. The van der Waals surface area contributed by atoms with Crippen molar-refractivity contribution in [1.82, 2.24) is 20.0 Å². The first-order valence-electron chi connectivity index (χ1n) is 9.90. The van der Waals surface area contributed by atoms with E-state index >= 15 is 0 Å². The van der Waals surface area contributed by atoms with Gasteiger partial charge in [0.2, 0.25) is 5.91 Å². The summed E-state index contributed by atoms with van der Waals surface area (Å²) in [6.45, 7) is 0.950. The molecule has 1 aromatic heterocycles. The summed E-state index contributed by atoms with van der Waals surface area (Å²) in [7, 11) is 0. The van der Waals surface area contributed by atoms with Crippen LogP contribution in [0.25, 0.3) is 5.69 Å². The minimum atomic E-state index is -0.366. The van der Waals surface area contributed by atoms with E-state index in [4.69, 9.17) is 0 Å². The van der Waals surface area contributed by atoms with Gasteiger partial charge in [0.25, 0.3) is 0 Å². The summed E-state index contributed by atoms with van der Waals surface area (Å²) in [5.41, 5.74) is 2.12. The number of anilines is 1. The third-order valence-corrected chi connectivity index (χ3v) is 5.22. The van der Waals surface area contributed by atoms with E-state index in [1.807, 2.05) is 30.3 Å². The molecule has 9 heteroatoms. The summed E-state index contributed by atoms with van der Waals surface area (Å²) in [6, 6.07) is 15.1. The van der Waals surface area contributed by atoms with E-state index < -0.39 is 0 Å². The molecule has 2 aliphatic heterocycles. The van der Waals surface area contributed by atoms with E-state index in [9.17, 15) is 14.0 Å². The zero-order chi connectivity index (χ0) is 21.4. The molecule has 0 aliphatic carbocycles. The van der Waals surface area contributed by atoms with Crippen LogP contribution in [0.3, 0.4) is 0 Å².